The molecule has 128 valence electrons. The van der Waals surface area contributed by atoms with Gasteiger partial charge in [0.1, 0.15) is 18.7 Å². The van der Waals surface area contributed by atoms with E-state index in [1.54, 1.807) is 7.11 Å². The van der Waals surface area contributed by atoms with E-state index in [1.807, 2.05) is 25.3 Å². The van der Waals surface area contributed by atoms with Crippen LogP contribution in [0.2, 0.25) is 0 Å². The highest BCUT2D eigenvalue weighted by Crippen LogP contribution is 2.59. The second-order valence-corrected chi connectivity index (χ2v) is 7.53. The van der Waals surface area contributed by atoms with Gasteiger partial charge in [0.05, 0.1) is 18.6 Å². The fourth-order valence-electron chi connectivity index (χ4n) is 5.34. The zero-order valence-electron chi connectivity index (χ0n) is 13.8. The molecule has 0 radical (unpaired) electrons. The predicted octanol–water partition coefficient (Wildman–Crippen LogP) is 0.822. The van der Waals surface area contributed by atoms with Crippen molar-refractivity contribution in [1.82, 2.24) is 0 Å². The number of hydrogen-bond acceptors (Lipinski definition) is 5. The summed E-state index contributed by atoms with van der Waals surface area (Å²) < 4.78 is 17.0. The number of quaternary nitrogens is 1. The number of methoxy groups -OCH3 is 1. The lowest BCUT2D eigenvalue weighted by Crippen LogP contribution is -2.61. The summed E-state index contributed by atoms with van der Waals surface area (Å²) in [5.74, 6) is 1.35. The molecule has 3 heterocycles. The van der Waals surface area contributed by atoms with Gasteiger partial charge in [0.15, 0.2) is 11.5 Å². The Hall–Kier alpha value is -1.60. The molecule has 5 rings (SSSR count). The number of fused-ring (bicyclic) bond motifs is 2. The normalized spacial score (nSPS) is 44.3. The van der Waals surface area contributed by atoms with Crippen LogP contribution in [0.25, 0.3) is 0 Å². The van der Waals surface area contributed by atoms with Gasteiger partial charge >= 0.3 is 0 Å². The summed E-state index contributed by atoms with van der Waals surface area (Å²) in [6, 6.07) is 3.89. The van der Waals surface area contributed by atoms with E-state index >= 15 is 0 Å². The Morgan fingerprint density at radius 2 is 2.00 bits per heavy atom. The van der Waals surface area contributed by atoms with Crippen LogP contribution < -0.4 is 9.47 Å². The standard InChI is InChI=1S/C18H22NO5/c1-19-8-16(20)18(4-3-10(22-2)5-15(18)19)12-7-14-13(23-9-24-14)6-11(12)17(19)21/h3-4,6-7,10,15-17,20-21H,5,8-9H2,1-2H3/q+1/t10-,15+,16+,17?,18+,19+/m1/s1. The lowest BCUT2D eigenvalue weighted by Gasteiger charge is -2.51. The lowest BCUT2D eigenvalue weighted by atomic mass is 9.64. The van der Waals surface area contributed by atoms with Crippen LogP contribution in [0.3, 0.4) is 0 Å². The van der Waals surface area contributed by atoms with Crippen molar-refractivity contribution in [2.75, 3.05) is 27.5 Å². The van der Waals surface area contributed by atoms with Gasteiger partial charge in [-0.05, 0) is 17.7 Å². The maximum Gasteiger partial charge on any atom is 0.231 e. The first kappa shape index (κ1) is 14.7. The van der Waals surface area contributed by atoms with E-state index in [9.17, 15) is 10.2 Å². The van der Waals surface area contributed by atoms with Crippen molar-refractivity contribution >= 4 is 0 Å². The Morgan fingerprint density at radius 1 is 1.25 bits per heavy atom. The summed E-state index contributed by atoms with van der Waals surface area (Å²) in [5, 5.41) is 22.2. The SMILES string of the molecule is CO[C@@H]1C=C[C@@]23c4cc5c(cc4C(O)[N@@+](C)(C[C@@H]2O)[C@H]3C1)OCO5. The Kier molecular flexibility index (Phi) is 2.77. The fourth-order valence-corrected chi connectivity index (χ4v) is 5.34. The Balaban J connectivity index is 1.79. The first-order chi connectivity index (χ1) is 11.5. The highest BCUT2D eigenvalue weighted by molar-refractivity contribution is 5.56. The van der Waals surface area contributed by atoms with Crippen molar-refractivity contribution in [3.8, 4) is 11.5 Å². The third-order valence-corrected chi connectivity index (χ3v) is 6.57. The van der Waals surface area contributed by atoms with Gasteiger partial charge in [-0.25, -0.2) is 0 Å². The fraction of sp³-hybridized carbons (Fsp3) is 0.556. The molecule has 6 atom stereocenters. The van der Waals surface area contributed by atoms with E-state index in [0.29, 0.717) is 22.5 Å². The molecule has 0 spiro atoms. The van der Waals surface area contributed by atoms with E-state index in [0.717, 1.165) is 17.5 Å². The molecule has 1 saturated heterocycles. The minimum Gasteiger partial charge on any atom is -0.454 e. The van der Waals surface area contributed by atoms with Crippen molar-refractivity contribution in [3.05, 3.63) is 35.4 Å². The van der Waals surface area contributed by atoms with Gasteiger partial charge in [0.2, 0.25) is 13.0 Å². The summed E-state index contributed by atoms with van der Waals surface area (Å²) >= 11 is 0. The van der Waals surface area contributed by atoms with Crippen LogP contribution in [0.5, 0.6) is 11.5 Å². The zero-order chi connectivity index (χ0) is 16.7. The van der Waals surface area contributed by atoms with Crippen LogP contribution in [0.4, 0.5) is 0 Å². The average Bonchev–Trinajstić information content (AvgIpc) is 3.12. The minimum atomic E-state index is -0.700. The number of rotatable bonds is 1. The van der Waals surface area contributed by atoms with Crippen molar-refractivity contribution in [2.24, 2.45) is 0 Å². The van der Waals surface area contributed by atoms with Gasteiger partial charge in [0.25, 0.3) is 0 Å². The molecule has 24 heavy (non-hydrogen) atoms. The van der Waals surface area contributed by atoms with Crippen LogP contribution >= 0.6 is 0 Å². The third-order valence-electron chi connectivity index (χ3n) is 6.57. The van der Waals surface area contributed by atoms with Gasteiger partial charge in [0, 0.05) is 19.1 Å². The minimum absolute atomic E-state index is 0.00800. The molecule has 6 nitrogen and oxygen atoms in total. The number of aliphatic hydroxyl groups is 2. The highest BCUT2D eigenvalue weighted by atomic mass is 16.7. The molecule has 1 aromatic carbocycles. The molecule has 1 aromatic rings. The van der Waals surface area contributed by atoms with E-state index in [2.05, 4.69) is 6.08 Å². The highest BCUT2D eigenvalue weighted by Gasteiger charge is 2.69. The van der Waals surface area contributed by atoms with Crippen LogP contribution in [0.1, 0.15) is 23.8 Å². The molecule has 0 saturated carbocycles. The second kappa shape index (κ2) is 4.52. The van der Waals surface area contributed by atoms with Crippen molar-refractivity contribution < 1.29 is 28.9 Å². The van der Waals surface area contributed by atoms with Crippen LogP contribution in [0.15, 0.2) is 24.3 Å². The molecule has 1 fully saturated rings. The molecular formula is C18H22NO5+. The second-order valence-electron chi connectivity index (χ2n) is 7.53. The number of aliphatic hydroxyl groups excluding tert-OH is 2. The quantitative estimate of drug-likeness (QED) is 0.589. The number of hydrogen-bond donors (Lipinski definition) is 2. The first-order valence-corrected chi connectivity index (χ1v) is 8.38. The van der Waals surface area contributed by atoms with Crippen LogP contribution in [-0.2, 0) is 10.2 Å². The third kappa shape index (κ3) is 1.51. The van der Waals surface area contributed by atoms with Crippen molar-refractivity contribution in [1.29, 1.82) is 0 Å². The largest absolute Gasteiger partial charge is 0.454 e. The average molecular weight is 332 g/mol. The Bertz CT molecular complexity index is 749. The van der Waals surface area contributed by atoms with E-state index in [-0.39, 0.29) is 18.9 Å². The summed E-state index contributed by atoms with van der Waals surface area (Å²) in [4.78, 5) is 0. The molecule has 2 bridgehead atoms. The Labute approximate surface area is 140 Å². The molecule has 1 unspecified atom stereocenters. The zero-order valence-corrected chi connectivity index (χ0v) is 13.8. The Morgan fingerprint density at radius 3 is 2.75 bits per heavy atom. The van der Waals surface area contributed by atoms with Crippen LogP contribution in [-0.4, -0.2) is 60.4 Å². The summed E-state index contributed by atoms with van der Waals surface area (Å²) in [7, 11) is 3.73. The number of nitrogens with zero attached hydrogens (tertiary/aromatic N) is 1. The smallest absolute Gasteiger partial charge is 0.231 e. The topological polar surface area (TPSA) is 68.2 Å². The van der Waals surface area contributed by atoms with Crippen molar-refractivity contribution in [3.63, 3.8) is 0 Å². The molecule has 3 aliphatic heterocycles. The maximum absolute atomic E-state index is 11.2. The van der Waals surface area contributed by atoms with Crippen molar-refractivity contribution in [2.45, 2.75) is 36.3 Å². The number of ether oxygens (including phenoxy) is 3. The molecule has 0 amide bonds. The molecular weight excluding hydrogens is 310 g/mol. The summed E-state index contributed by atoms with van der Waals surface area (Å²) in [6.07, 6.45) is 3.66. The summed E-state index contributed by atoms with van der Waals surface area (Å²) in [5.41, 5.74) is 1.27. The first-order valence-electron chi connectivity index (χ1n) is 8.38. The summed E-state index contributed by atoms with van der Waals surface area (Å²) in [6.45, 7) is 0.703. The van der Waals surface area contributed by atoms with E-state index in [1.165, 1.54) is 0 Å². The predicted molar refractivity (Wildman–Crippen MR) is 84.6 cm³/mol. The monoisotopic (exact) mass is 332 g/mol. The molecule has 6 heteroatoms. The van der Waals surface area contributed by atoms with Gasteiger partial charge in [-0.3, -0.25) is 4.48 Å². The maximum atomic E-state index is 11.2. The van der Waals surface area contributed by atoms with Gasteiger partial charge < -0.3 is 24.4 Å². The van der Waals surface area contributed by atoms with Crippen LogP contribution in [0, 0.1) is 0 Å². The van der Waals surface area contributed by atoms with Gasteiger partial charge in [-0.15, -0.1) is 0 Å². The van der Waals surface area contributed by atoms with Gasteiger partial charge in [-0.2, -0.15) is 0 Å². The van der Waals surface area contributed by atoms with E-state index < -0.39 is 17.7 Å². The van der Waals surface area contributed by atoms with E-state index in [4.69, 9.17) is 14.2 Å². The molecule has 4 aliphatic rings. The lowest BCUT2D eigenvalue weighted by molar-refractivity contribution is -0.976. The van der Waals surface area contributed by atoms with Gasteiger partial charge in [-0.1, -0.05) is 12.2 Å². The number of likely N-dealkylation sites (N-methyl/N-ethyl adjacent to an activating group) is 1. The number of benzene rings is 1. The molecule has 1 aliphatic carbocycles. The molecule has 2 N–H and O–H groups in total. The molecule has 0 aromatic heterocycles.